The van der Waals surface area contributed by atoms with Crippen molar-refractivity contribution in [2.75, 3.05) is 39.0 Å². The number of aliphatic carboxylic acids is 1. The van der Waals surface area contributed by atoms with E-state index in [0.717, 1.165) is 45.3 Å². The molecule has 0 aromatic heterocycles. The van der Waals surface area contributed by atoms with Gasteiger partial charge in [-0.25, -0.2) is 12.7 Å². The second-order valence-electron chi connectivity index (χ2n) is 6.49. The van der Waals surface area contributed by atoms with Crippen LogP contribution in [0.25, 0.3) is 0 Å². The average Bonchev–Trinajstić information content (AvgIpc) is 2.37. The quantitative estimate of drug-likeness (QED) is 0.813. The molecular formula is C14H26N2O4S. The summed E-state index contributed by atoms with van der Waals surface area (Å²) in [4.78, 5) is 13.2. The predicted molar refractivity (Wildman–Crippen MR) is 80.6 cm³/mol. The van der Waals surface area contributed by atoms with E-state index in [1.165, 1.54) is 6.26 Å². The Morgan fingerprint density at radius 1 is 1.14 bits per heavy atom. The van der Waals surface area contributed by atoms with Gasteiger partial charge in [-0.15, -0.1) is 0 Å². The molecule has 0 amide bonds. The molecule has 2 fully saturated rings. The molecule has 21 heavy (non-hydrogen) atoms. The molecule has 0 spiro atoms. The van der Waals surface area contributed by atoms with Crippen molar-refractivity contribution in [3.05, 3.63) is 0 Å². The number of sulfonamides is 1. The van der Waals surface area contributed by atoms with Crippen LogP contribution in [0.15, 0.2) is 0 Å². The molecule has 2 aliphatic heterocycles. The number of rotatable bonds is 5. The summed E-state index contributed by atoms with van der Waals surface area (Å²) in [6.45, 7) is 3.98. The number of hydrogen-bond acceptors (Lipinski definition) is 4. The first-order valence-corrected chi connectivity index (χ1v) is 9.58. The van der Waals surface area contributed by atoms with E-state index in [-0.39, 0.29) is 12.3 Å². The SMILES string of the molecule is CS(=O)(=O)N1CCCC(CN2CCCC(CC(=O)O)C2)C1. The van der Waals surface area contributed by atoms with Crippen molar-refractivity contribution in [1.82, 2.24) is 9.21 Å². The van der Waals surface area contributed by atoms with Crippen LogP contribution < -0.4 is 0 Å². The summed E-state index contributed by atoms with van der Waals surface area (Å²) < 4.78 is 24.9. The molecular weight excluding hydrogens is 292 g/mol. The van der Waals surface area contributed by atoms with Crippen LogP contribution >= 0.6 is 0 Å². The van der Waals surface area contributed by atoms with Gasteiger partial charge in [0.25, 0.3) is 0 Å². The monoisotopic (exact) mass is 318 g/mol. The van der Waals surface area contributed by atoms with Crippen LogP contribution in [-0.2, 0) is 14.8 Å². The highest BCUT2D eigenvalue weighted by Gasteiger charge is 2.29. The smallest absolute Gasteiger partial charge is 0.303 e. The highest BCUT2D eigenvalue weighted by molar-refractivity contribution is 7.88. The summed E-state index contributed by atoms with van der Waals surface area (Å²) in [5.74, 6) is -0.106. The Balaban J connectivity index is 1.84. The van der Waals surface area contributed by atoms with E-state index in [9.17, 15) is 13.2 Å². The lowest BCUT2D eigenvalue weighted by molar-refractivity contribution is -0.138. The van der Waals surface area contributed by atoms with Crippen LogP contribution in [0.2, 0.25) is 0 Å². The lowest BCUT2D eigenvalue weighted by atomic mass is 9.92. The van der Waals surface area contributed by atoms with E-state index in [2.05, 4.69) is 4.90 Å². The number of piperidine rings is 2. The normalized spacial score (nSPS) is 29.4. The van der Waals surface area contributed by atoms with Gasteiger partial charge in [0.2, 0.25) is 10.0 Å². The zero-order chi connectivity index (χ0) is 15.5. The molecule has 2 rings (SSSR count). The minimum Gasteiger partial charge on any atom is -0.481 e. The van der Waals surface area contributed by atoms with Gasteiger partial charge < -0.3 is 10.0 Å². The van der Waals surface area contributed by atoms with Gasteiger partial charge >= 0.3 is 5.97 Å². The predicted octanol–water partition coefficient (Wildman–Crippen LogP) is 0.845. The molecule has 2 heterocycles. The number of carbonyl (C=O) groups is 1. The van der Waals surface area contributed by atoms with E-state index in [4.69, 9.17) is 5.11 Å². The number of likely N-dealkylation sites (tertiary alicyclic amines) is 1. The number of carboxylic acid groups (broad SMARTS) is 1. The van der Waals surface area contributed by atoms with Gasteiger partial charge in [0.15, 0.2) is 0 Å². The van der Waals surface area contributed by atoms with Crippen LogP contribution in [0.4, 0.5) is 0 Å². The first-order chi connectivity index (χ1) is 9.84. The Hall–Kier alpha value is -0.660. The van der Waals surface area contributed by atoms with Gasteiger partial charge in [-0.3, -0.25) is 4.79 Å². The molecule has 2 atom stereocenters. The van der Waals surface area contributed by atoms with Crippen molar-refractivity contribution in [2.24, 2.45) is 11.8 Å². The van der Waals surface area contributed by atoms with Gasteiger partial charge in [-0.05, 0) is 44.1 Å². The van der Waals surface area contributed by atoms with Gasteiger partial charge in [-0.2, -0.15) is 0 Å². The zero-order valence-electron chi connectivity index (χ0n) is 12.7. The second-order valence-corrected chi connectivity index (χ2v) is 8.48. The van der Waals surface area contributed by atoms with E-state index in [1.807, 2.05) is 0 Å². The van der Waals surface area contributed by atoms with Crippen LogP contribution in [0.1, 0.15) is 32.1 Å². The van der Waals surface area contributed by atoms with Crippen molar-refractivity contribution < 1.29 is 18.3 Å². The fraction of sp³-hybridized carbons (Fsp3) is 0.929. The molecule has 2 saturated heterocycles. The largest absolute Gasteiger partial charge is 0.481 e. The minimum atomic E-state index is -3.09. The standard InChI is InChI=1S/C14H26N2O4S/c1-21(19,20)16-7-3-5-13(11-16)10-15-6-2-4-12(9-15)8-14(17)18/h12-13H,2-11H2,1H3,(H,17,18). The molecule has 6 nitrogen and oxygen atoms in total. The molecule has 2 aliphatic rings. The molecule has 7 heteroatoms. The van der Waals surface area contributed by atoms with Crippen LogP contribution in [-0.4, -0.2) is 67.7 Å². The molecule has 0 radical (unpaired) electrons. The van der Waals surface area contributed by atoms with Gasteiger partial charge in [0, 0.05) is 32.6 Å². The molecule has 0 bridgehead atoms. The zero-order valence-corrected chi connectivity index (χ0v) is 13.5. The molecule has 0 aromatic rings. The topological polar surface area (TPSA) is 77.9 Å². The first-order valence-electron chi connectivity index (χ1n) is 7.74. The van der Waals surface area contributed by atoms with Crippen molar-refractivity contribution in [3.63, 3.8) is 0 Å². The maximum Gasteiger partial charge on any atom is 0.303 e. The third-order valence-corrected chi connectivity index (χ3v) is 5.80. The highest BCUT2D eigenvalue weighted by Crippen LogP contribution is 2.24. The molecule has 0 aliphatic carbocycles. The van der Waals surface area contributed by atoms with E-state index >= 15 is 0 Å². The van der Waals surface area contributed by atoms with Gasteiger partial charge in [0.05, 0.1) is 6.26 Å². The molecule has 1 N–H and O–H groups in total. The second kappa shape index (κ2) is 7.07. The van der Waals surface area contributed by atoms with Gasteiger partial charge in [0.1, 0.15) is 0 Å². The molecule has 2 unspecified atom stereocenters. The highest BCUT2D eigenvalue weighted by atomic mass is 32.2. The summed E-state index contributed by atoms with van der Waals surface area (Å²) in [5.41, 5.74) is 0. The van der Waals surface area contributed by atoms with Gasteiger partial charge in [-0.1, -0.05) is 0 Å². The maximum atomic E-state index is 11.6. The third kappa shape index (κ3) is 5.23. The van der Waals surface area contributed by atoms with Crippen molar-refractivity contribution in [1.29, 1.82) is 0 Å². The Morgan fingerprint density at radius 2 is 1.81 bits per heavy atom. The van der Waals surface area contributed by atoms with E-state index in [1.54, 1.807) is 4.31 Å². The third-order valence-electron chi connectivity index (χ3n) is 4.53. The fourth-order valence-electron chi connectivity index (χ4n) is 3.57. The average molecular weight is 318 g/mol. The van der Waals surface area contributed by atoms with Crippen molar-refractivity contribution in [2.45, 2.75) is 32.1 Å². The lowest BCUT2D eigenvalue weighted by Crippen LogP contribution is -2.45. The van der Waals surface area contributed by atoms with Crippen LogP contribution in [0, 0.1) is 11.8 Å². The van der Waals surface area contributed by atoms with Crippen LogP contribution in [0.5, 0.6) is 0 Å². The van der Waals surface area contributed by atoms with Crippen molar-refractivity contribution in [3.8, 4) is 0 Å². The summed E-state index contributed by atoms with van der Waals surface area (Å²) in [5, 5.41) is 8.91. The molecule has 122 valence electrons. The molecule has 0 saturated carbocycles. The number of nitrogens with zero attached hydrogens (tertiary/aromatic N) is 2. The van der Waals surface area contributed by atoms with Crippen LogP contribution in [0.3, 0.4) is 0 Å². The lowest BCUT2D eigenvalue weighted by Gasteiger charge is -2.37. The molecule has 0 aromatic carbocycles. The summed E-state index contributed by atoms with van der Waals surface area (Å²) in [6, 6.07) is 0. The Bertz CT molecular complexity index is 466. The Labute approximate surface area is 127 Å². The first kappa shape index (κ1) is 16.7. The Morgan fingerprint density at radius 3 is 2.48 bits per heavy atom. The summed E-state index contributed by atoms with van der Waals surface area (Å²) >= 11 is 0. The summed E-state index contributed by atoms with van der Waals surface area (Å²) in [7, 11) is -3.09. The fourth-order valence-corrected chi connectivity index (χ4v) is 4.52. The maximum absolute atomic E-state index is 11.6. The Kier molecular flexibility index (Phi) is 5.62. The van der Waals surface area contributed by atoms with Crippen molar-refractivity contribution >= 4 is 16.0 Å². The number of hydrogen-bond donors (Lipinski definition) is 1. The number of carboxylic acids is 1. The minimum absolute atomic E-state index is 0.242. The van der Waals surface area contributed by atoms with E-state index in [0.29, 0.717) is 19.0 Å². The van der Waals surface area contributed by atoms with E-state index < -0.39 is 16.0 Å². The summed E-state index contributed by atoms with van der Waals surface area (Å²) in [6.07, 6.45) is 5.54.